The van der Waals surface area contributed by atoms with Crippen molar-refractivity contribution in [1.82, 2.24) is 5.32 Å². The molecule has 8 nitrogen and oxygen atoms in total. The Morgan fingerprint density at radius 1 is 1.09 bits per heavy atom. The van der Waals surface area contributed by atoms with Crippen LogP contribution in [0, 0.1) is 17.1 Å². The highest BCUT2D eigenvalue weighted by Crippen LogP contribution is 2.29. The molecule has 1 atom stereocenters. The fourth-order valence-electron chi connectivity index (χ4n) is 3.68. The monoisotopic (exact) mass is 457 g/mol. The number of nitriles is 1. The first kappa shape index (κ1) is 22.5. The second-order valence-electron chi connectivity index (χ2n) is 7.37. The number of ether oxygens (including phenoxy) is 1. The van der Waals surface area contributed by atoms with Gasteiger partial charge in [-0.15, -0.1) is 0 Å². The molecular formula is C25H20FN5O3. The molecule has 0 saturated carbocycles. The third-order valence-electron chi connectivity index (χ3n) is 5.35. The van der Waals surface area contributed by atoms with Gasteiger partial charge >= 0.3 is 6.03 Å². The molecule has 3 amide bonds. The predicted molar refractivity (Wildman–Crippen MR) is 126 cm³/mol. The van der Waals surface area contributed by atoms with Crippen LogP contribution in [0.5, 0.6) is 5.75 Å². The number of urea groups is 1. The molecule has 0 radical (unpaired) electrons. The third-order valence-corrected chi connectivity index (χ3v) is 5.35. The quantitative estimate of drug-likeness (QED) is 0.623. The van der Waals surface area contributed by atoms with E-state index in [-0.39, 0.29) is 28.3 Å². The molecule has 1 aliphatic heterocycles. The molecular weight excluding hydrogens is 437 g/mol. The average molecular weight is 457 g/mol. The summed E-state index contributed by atoms with van der Waals surface area (Å²) in [6.07, 6.45) is -1.35. The summed E-state index contributed by atoms with van der Waals surface area (Å²) in [7, 11) is 2.97. The number of nitrogens with zero attached hydrogens (tertiary/aromatic N) is 3. The van der Waals surface area contributed by atoms with Gasteiger partial charge in [-0.25, -0.2) is 14.2 Å². The second kappa shape index (κ2) is 9.42. The fraction of sp³-hybridized carbons (Fsp3) is 0.120. The molecule has 0 fully saturated rings. The molecule has 2 N–H and O–H groups in total. The lowest BCUT2D eigenvalue weighted by molar-refractivity contribution is -0.119. The number of carbonyl (C=O) groups excluding carboxylic acids is 2. The number of fused-ring (bicyclic) bond motifs is 1. The van der Waals surface area contributed by atoms with Crippen molar-refractivity contribution < 1.29 is 18.7 Å². The predicted octanol–water partition coefficient (Wildman–Crippen LogP) is 3.67. The van der Waals surface area contributed by atoms with Crippen LogP contribution in [0.25, 0.3) is 0 Å². The van der Waals surface area contributed by atoms with Crippen molar-refractivity contribution in [1.29, 1.82) is 5.26 Å². The number of carbonyl (C=O) groups is 2. The number of methoxy groups -OCH3 is 1. The number of anilines is 2. The van der Waals surface area contributed by atoms with Gasteiger partial charge < -0.3 is 20.3 Å². The van der Waals surface area contributed by atoms with Crippen LogP contribution in [0.1, 0.15) is 16.7 Å². The third kappa shape index (κ3) is 4.17. The van der Waals surface area contributed by atoms with Crippen LogP contribution in [0.4, 0.5) is 20.6 Å². The SMILES string of the molecule is COc1cccc(C#N)c1NC(=O)NC1N=C(c2ccccc2F)c2ccccc2N(C)C1=O. The van der Waals surface area contributed by atoms with Crippen LogP contribution in [0.15, 0.2) is 71.7 Å². The van der Waals surface area contributed by atoms with Crippen LogP contribution in [0.3, 0.4) is 0 Å². The number of amides is 3. The number of nitrogens with one attached hydrogen (secondary N) is 2. The summed E-state index contributed by atoms with van der Waals surface area (Å²) >= 11 is 0. The molecule has 0 saturated heterocycles. The van der Waals surface area contributed by atoms with Gasteiger partial charge in [0, 0.05) is 18.2 Å². The van der Waals surface area contributed by atoms with Gasteiger partial charge in [0.15, 0.2) is 0 Å². The highest BCUT2D eigenvalue weighted by molar-refractivity contribution is 6.20. The Balaban J connectivity index is 1.73. The molecule has 0 bridgehead atoms. The molecule has 1 heterocycles. The van der Waals surface area contributed by atoms with Gasteiger partial charge in [0.1, 0.15) is 23.3 Å². The molecule has 4 rings (SSSR count). The number of likely N-dealkylation sites (N-methyl/N-ethyl adjacent to an activating group) is 1. The summed E-state index contributed by atoms with van der Waals surface area (Å²) < 4.78 is 19.9. The molecule has 3 aromatic carbocycles. The zero-order valence-corrected chi connectivity index (χ0v) is 18.4. The fourth-order valence-corrected chi connectivity index (χ4v) is 3.68. The van der Waals surface area contributed by atoms with E-state index >= 15 is 0 Å². The molecule has 1 aliphatic rings. The van der Waals surface area contributed by atoms with Crippen LogP contribution >= 0.6 is 0 Å². The van der Waals surface area contributed by atoms with Gasteiger partial charge in [-0.1, -0.05) is 36.4 Å². The van der Waals surface area contributed by atoms with Gasteiger partial charge in [0.25, 0.3) is 5.91 Å². The van der Waals surface area contributed by atoms with Crippen molar-refractivity contribution in [3.8, 4) is 11.8 Å². The maximum absolute atomic E-state index is 14.7. The molecule has 0 aromatic heterocycles. The van der Waals surface area contributed by atoms with Crippen LogP contribution in [0.2, 0.25) is 0 Å². The van der Waals surface area contributed by atoms with E-state index in [0.29, 0.717) is 11.3 Å². The summed E-state index contributed by atoms with van der Waals surface area (Å²) in [5, 5.41) is 14.5. The minimum absolute atomic E-state index is 0.154. The van der Waals surface area contributed by atoms with E-state index in [1.807, 2.05) is 6.07 Å². The van der Waals surface area contributed by atoms with Gasteiger partial charge in [-0.05, 0) is 30.3 Å². The van der Waals surface area contributed by atoms with Crippen molar-refractivity contribution in [2.24, 2.45) is 4.99 Å². The first-order valence-electron chi connectivity index (χ1n) is 10.3. The second-order valence-corrected chi connectivity index (χ2v) is 7.37. The number of rotatable bonds is 4. The molecule has 3 aromatic rings. The lowest BCUT2D eigenvalue weighted by Crippen LogP contribution is -2.47. The standard InChI is InChI=1S/C25H20FN5O3/c1-31-19-12-6-4-10-17(19)22(16-9-3-5-11-18(16)26)28-23(24(31)32)30-25(33)29-21-15(14-27)8-7-13-20(21)34-2/h3-13,23H,1-2H3,(H2,29,30,33). The number of aliphatic imine (C=N–C) groups is 1. The van der Waals surface area contributed by atoms with E-state index in [1.165, 1.54) is 24.1 Å². The summed E-state index contributed by atoms with van der Waals surface area (Å²) in [5.41, 5.74) is 1.83. The van der Waals surface area contributed by atoms with Crippen LogP contribution in [-0.2, 0) is 4.79 Å². The lowest BCUT2D eigenvalue weighted by atomic mass is 10.00. The Labute approximate surface area is 195 Å². The number of benzodiazepines with no additional fused rings is 1. The Morgan fingerprint density at radius 3 is 2.50 bits per heavy atom. The first-order chi connectivity index (χ1) is 16.4. The molecule has 34 heavy (non-hydrogen) atoms. The number of para-hydroxylation sites is 2. The average Bonchev–Trinajstić information content (AvgIpc) is 2.95. The van der Waals surface area contributed by atoms with Gasteiger partial charge in [0.05, 0.1) is 24.1 Å². The van der Waals surface area contributed by atoms with Crippen molar-refractivity contribution in [2.45, 2.75) is 6.17 Å². The molecule has 0 spiro atoms. The maximum Gasteiger partial charge on any atom is 0.321 e. The van der Waals surface area contributed by atoms with Crippen molar-refractivity contribution in [3.05, 3.63) is 89.2 Å². The van der Waals surface area contributed by atoms with E-state index in [0.717, 1.165) is 0 Å². The van der Waals surface area contributed by atoms with E-state index in [2.05, 4.69) is 15.6 Å². The van der Waals surface area contributed by atoms with Crippen LogP contribution in [-0.4, -0.2) is 38.0 Å². The van der Waals surface area contributed by atoms with E-state index in [4.69, 9.17) is 4.74 Å². The molecule has 1 unspecified atom stereocenters. The van der Waals surface area contributed by atoms with E-state index in [9.17, 15) is 19.2 Å². The van der Waals surface area contributed by atoms with E-state index in [1.54, 1.807) is 61.6 Å². The highest BCUT2D eigenvalue weighted by Gasteiger charge is 2.32. The number of hydrogen-bond acceptors (Lipinski definition) is 5. The maximum atomic E-state index is 14.7. The number of benzene rings is 3. The number of halogens is 1. The minimum atomic E-state index is -1.35. The summed E-state index contributed by atoms with van der Waals surface area (Å²) in [5.74, 6) is -0.750. The smallest absolute Gasteiger partial charge is 0.321 e. The molecule has 0 aliphatic carbocycles. The van der Waals surface area contributed by atoms with Crippen molar-refractivity contribution in [3.63, 3.8) is 0 Å². The lowest BCUT2D eigenvalue weighted by Gasteiger charge is -2.21. The first-order valence-corrected chi connectivity index (χ1v) is 10.3. The van der Waals surface area contributed by atoms with Gasteiger partial charge in [-0.3, -0.25) is 4.79 Å². The Bertz CT molecular complexity index is 1350. The van der Waals surface area contributed by atoms with E-state index < -0.39 is 23.9 Å². The highest BCUT2D eigenvalue weighted by atomic mass is 19.1. The Morgan fingerprint density at radius 2 is 1.79 bits per heavy atom. The molecule has 9 heteroatoms. The van der Waals surface area contributed by atoms with Crippen LogP contribution < -0.4 is 20.3 Å². The molecule has 170 valence electrons. The zero-order chi connectivity index (χ0) is 24.2. The summed E-state index contributed by atoms with van der Waals surface area (Å²) in [6, 6.07) is 19.0. The minimum Gasteiger partial charge on any atom is -0.495 e. The largest absolute Gasteiger partial charge is 0.495 e. The van der Waals surface area contributed by atoms with Gasteiger partial charge in [-0.2, -0.15) is 5.26 Å². The number of hydrogen-bond donors (Lipinski definition) is 2. The topological polar surface area (TPSA) is 107 Å². The zero-order valence-electron chi connectivity index (χ0n) is 18.4. The normalized spacial score (nSPS) is 14.9. The Hall–Kier alpha value is -4.71. The summed E-state index contributed by atoms with van der Waals surface area (Å²) in [4.78, 5) is 31.9. The van der Waals surface area contributed by atoms with Crippen molar-refractivity contribution in [2.75, 3.05) is 24.4 Å². The van der Waals surface area contributed by atoms with Gasteiger partial charge in [0.2, 0.25) is 6.17 Å². The Kier molecular flexibility index (Phi) is 6.23. The van der Waals surface area contributed by atoms with Crippen molar-refractivity contribution >= 4 is 29.0 Å². The summed E-state index contributed by atoms with van der Waals surface area (Å²) in [6.45, 7) is 0.